The minimum Gasteiger partial charge on any atom is -0.383 e. The predicted molar refractivity (Wildman–Crippen MR) is 90.9 cm³/mol. The first-order valence-electron chi connectivity index (χ1n) is 7.60. The molecule has 0 radical (unpaired) electrons. The second kappa shape index (κ2) is 8.24. The Morgan fingerprint density at radius 1 is 1.26 bits per heavy atom. The van der Waals surface area contributed by atoms with Crippen LogP contribution in [0.15, 0.2) is 36.4 Å². The van der Waals surface area contributed by atoms with Crippen molar-refractivity contribution in [2.24, 2.45) is 0 Å². The quantitative estimate of drug-likeness (QED) is 0.795. The van der Waals surface area contributed by atoms with Crippen LogP contribution in [-0.2, 0) is 4.74 Å². The number of amides is 1. The molecule has 6 nitrogen and oxygen atoms in total. The van der Waals surface area contributed by atoms with Crippen LogP contribution in [0.25, 0.3) is 0 Å². The van der Waals surface area contributed by atoms with Gasteiger partial charge in [0.05, 0.1) is 6.61 Å². The Kier molecular flexibility index (Phi) is 6.05. The number of hydrogen-bond acceptors (Lipinski definition) is 5. The first-order chi connectivity index (χ1) is 11.2. The number of benzene rings is 1. The first kappa shape index (κ1) is 16.9. The molecule has 1 aromatic heterocycles. The van der Waals surface area contributed by atoms with Crippen LogP contribution < -0.4 is 10.2 Å². The van der Waals surface area contributed by atoms with Gasteiger partial charge in [-0.05, 0) is 43.7 Å². The van der Waals surface area contributed by atoms with Crippen molar-refractivity contribution in [1.29, 1.82) is 0 Å². The van der Waals surface area contributed by atoms with E-state index in [0.29, 0.717) is 31.2 Å². The van der Waals surface area contributed by atoms with Gasteiger partial charge < -0.3 is 15.0 Å². The summed E-state index contributed by atoms with van der Waals surface area (Å²) in [6, 6.07) is 11.3. The zero-order valence-corrected chi connectivity index (χ0v) is 13.7. The van der Waals surface area contributed by atoms with Crippen molar-refractivity contribution in [1.82, 2.24) is 10.2 Å². The van der Waals surface area contributed by atoms with Crippen molar-refractivity contribution < 1.29 is 9.53 Å². The Morgan fingerprint density at radius 2 is 2.09 bits per heavy atom. The molecule has 6 heteroatoms. The number of aromatic nitrogens is 2. The highest BCUT2D eigenvalue weighted by molar-refractivity contribution is 6.04. The smallest absolute Gasteiger partial charge is 0.278 e. The second-order valence-corrected chi connectivity index (χ2v) is 5.11. The highest BCUT2D eigenvalue weighted by Gasteiger charge is 2.18. The number of carbonyl (C=O) groups excluding carboxylic acids is 1. The third-order valence-corrected chi connectivity index (χ3v) is 3.37. The number of nitrogens with one attached hydrogen (secondary N) is 1. The van der Waals surface area contributed by atoms with E-state index >= 15 is 0 Å². The summed E-state index contributed by atoms with van der Waals surface area (Å²) in [5, 5.41) is 11.1. The molecule has 0 bridgehead atoms. The van der Waals surface area contributed by atoms with E-state index in [0.717, 1.165) is 11.3 Å². The minimum absolute atomic E-state index is 0.158. The Labute approximate surface area is 136 Å². The lowest BCUT2D eigenvalue weighted by Crippen LogP contribution is -2.31. The minimum atomic E-state index is -0.158. The van der Waals surface area contributed by atoms with E-state index in [1.165, 1.54) is 0 Å². The average molecular weight is 314 g/mol. The van der Waals surface area contributed by atoms with E-state index in [4.69, 9.17) is 4.74 Å². The summed E-state index contributed by atoms with van der Waals surface area (Å²) in [6.45, 7) is 5.73. The van der Waals surface area contributed by atoms with Crippen molar-refractivity contribution in [3.63, 3.8) is 0 Å². The van der Waals surface area contributed by atoms with Crippen LogP contribution in [0.1, 0.15) is 23.0 Å². The fourth-order valence-electron chi connectivity index (χ4n) is 2.20. The highest BCUT2D eigenvalue weighted by atomic mass is 16.5. The number of ether oxygens (including phenoxy) is 1. The van der Waals surface area contributed by atoms with Gasteiger partial charge in [-0.25, -0.2) is 0 Å². The standard InChI is InChI=1S/C17H22N4O2/c1-4-21(14-7-5-6-13(2)12-14)17(22)15-8-9-16(20-19-15)18-10-11-23-3/h5-9,12H,4,10-11H2,1-3H3,(H,18,20). The van der Waals surface area contributed by atoms with Crippen LogP contribution in [0.3, 0.4) is 0 Å². The summed E-state index contributed by atoms with van der Waals surface area (Å²) in [5.41, 5.74) is 2.30. The Morgan fingerprint density at radius 3 is 2.70 bits per heavy atom. The van der Waals surface area contributed by atoms with Gasteiger partial charge in [0, 0.05) is 25.9 Å². The van der Waals surface area contributed by atoms with Gasteiger partial charge >= 0.3 is 0 Å². The molecule has 0 unspecified atom stereocenters. The lowest BCUT2D eigenvalue weighted by atomic mass is 10.2. The van der Waals surface area contributed by atoms with Gasteiger partial charge in [0.2, 0.25) is 0 Å². The molecular formula is C17H22N4O2. The predicted octanol–water partition coefficient (Wildman–Crippen LogP) is 2.51. The average Bonchev–Trinajstić information content (AvgIpc) is 2.56. The fraction of sp³-hybridized carbons (Fsp3) is 0.353. The molecule has 0 saturated carbocycles. The highest BCUT2D eigenvalue weighted by Crippen LogP contribution is 2.18. The Balaban J connectivity index is 2.11. The molecule has 2 rings (SSSR count). The monoisotopic (exact) mass is 314 g/mol. The number of nitrogens with zero attached hydrogens (tertiary/aromatic N) is 3. The molecule has 1 amide bonds. The molecule has 1 N–H and O–H groups in total. The summed E-state index contributed by atoms with van der Waals surface area (Å²) in [4.78, 5) is 14.3. The molecule has 0 atom stereocenters. The van der Waals surface area contributed by atoms with Crippen molar-refractivity contribution >= 4 is 17.4 Å². The van der Waals surface area contributed by atoms with E-state index in [2.05, 4.69) is 15.5 Å². The summed E-state index contributed by atoms with van der Waals surface area (Å²) < 4.78 is 4.96. The van der Waals surface area contributed by atoms with Crippen molar-refractivity contribution in [2.45, 2.75) is 13.8 Å². The number of hydrogen-bond donors (Lipinski definition) is 1. The number of methoxy groups -OCH3 is 1. The van der Waals surface area contributed by atoms with Gasteiger partial charge in [0.1, 0.15) is 5.82 Å². The summed E-state index contributed by atoms with van der Waals surface area (Å²) in [5.74, 6) is 0.464. The number of aryl methyl sites for hydroxylation is 1. The van der Waals surface area contributed by atoms with Crippen LogP contribution >= 0.6 is 0 Å². The molecule has 1 aromatic carbocycles. The van der Waals surface area contributed by atoms with Gasteiger partial charge in [-0.1, -0.05) is 12.1 Å². The SMILES string of the molecule is CCN(C(=O)c1ccc(NCCOC)nn1)c1cccc(C)c1. The van der Waals surface area contributed by atoms with E-state index in [9.17, 15) is 4.79 Å². The number of anilines is 2. The molecule has 0 spiro atoms. The van der Waals surface area contributed by atoms with Gasteiger partial charge in [-0.2, -0.15) is 0 Å². The summed E-state index contributed by atoms with van der Waals surface area (Å²) >= 11 is 0. The maximum atomic E-state index is 12.6. The van der Waals surface area contributed by atoms with Crippen molar-refractivity contribution in [2.75, 3.05) is 37.0 Å². The largest absolute Gasteiger partial charge is 0.383 e. The van der Waals surface area contributed by atoms with Gasteiger partial charge in [0.15, 0.2) is 5.69 Å². The molecule has 122 valence electrons. The lowest BCUT2D eigenvalue weighted by Gasteiger charge is -2.20. The third kappa shape index (κ3) is 4.50. The molecule has 0 fully saturated rings. The normalized spacial score (nSPS) is 10.4. The van der Waals surface area contributed by atoms with Crippen LogP contribution in [-0.4, -0.2) is 42.9 Å². The zero-order chi connectivity index (χ0) is 16.7. The van der Waals surface area contributed by atoms with E-state index < -0.39 is 0 Å². The lowest BCUT2D eigenvalue weighted by molar-refractivity contribution is 0.0982. The topological polar surface area (TPSA) is 67.4 Å². The Hall–Kier alpha value is -2.47. The number of rotatable bonds is 7. The molecule has 2 aromatic rings. The van der Waals surface area contributed by atoms with E-state index in [1.54, 1.807) is 24.1 Å². The molecule has 1 heterocycles. The fourth-order valence-corrected chi connectivity index (χ4v) is 2.20. The van der Waals surface area contributed by atoms with Gasteiger partial charge in [0.25, 0.3) is 5.91 Å². The maximum absolute atomic E-state index is 12.6. The molecule has 23 heavy (non-hydrogen) atoms. The maximum Gasteiger partial charge on any atom is 0.278 e. The van der Waals surface area contributed by atoms with Crippen LogP contribution in [0.5, 0.6) is 0 Å². The Bertz CT molecular complexity index is 643. The van der Waals surface area contributed by atoms with Crippen molar-refractivity contribution in [3.05, 3.63) is 47.7 Å². The molecule has 0 saturated heterocycles. The first-order valence-corrected chi connectivity index (χ1v) is 7.60. The molecule has 0 aliphatic heterocycles. The van der Waals surface area contributed by atoms with Crippen molar-refractivity contribution in [3.8, 4) is 0 Å². The molecule has 0 aliphatic carbocycles. The van der Waals surface area contributed by atoms with Crippen LogP contribution in [0, 0.1) is 6.92 Å². The van der Waals surface area contributed by atoms with E-state index in [-0.39, 0.29) is 5.91 Å². The van der Waals surface area contributed by atoms with E-state index in [1.807, 2.05) is 38.1 Å². The van der Waals surface area contributed by atoms with Gasteiger partial charge in [-0.15, -0.1) is 10.2 Å². The molecule has 0 aliphatic rings. The third-order valence-electron chi connectivity index (χ3n) is 3.37. The van der Waals surface area contributed by atoms with Gasteiger partial charge in [-0.3, -0.25) is 4.79 Å². The zero-order valence-electron chi connectivity index (χ0n) is 13.7. The molecular weight excluding hydrogens is 292 g/mol. The second-order valence-electron chi connectivity index (χ2n) is 5.11. The van der Waals surface area contributed by atoms with Crippen LogP contribution in [0.2, 0.25) is 0 Å². The summed E-state index contributed by atoms with van der Waals surface area (Å²) in [7, 11) is 1.64. The van der Waals surface area contributed by atoms with Crippen LogP contribution in [0.4, 0.5) is 11.5 Å². The number of carbonyl (C=O) groups is 1. The summed E-state index contributed by atoms with van der Waals surface area (Å²) in [6.07, 6.45) is 0.